The fourth-order valence-corrected chi connectivity index (χ4v) is 4.87. The number of aromatic nitrogens is 1. The fourth-order valence-electron chi connectivity index (χ4n) is 4.62. The molecule has 1 aromatic heterocycles. The van der Waals surface area contributed by atoms with Crippen molar-refractivity contribution in [3.63, 3.8) is 0 Å². The van der Waals surface area contributed by atoms with E-state index in [1.165, 1.54) is 0 Å². The highest BCUT2D eigenvalue weighted by molar-refractivity contribution is 6.32. The van der Waals surface area contributed by atoms with Gasteiger partial charge in [0.2, 0.25) is 0 Å². The zero-order valence-corrected chi connectivity index (χ0v) is 23.0. The molecule has 0 unspecified atom stereocenters. The van der Waals surface area contributed by atoms with Crippen LogP contribution in [0.4, 0.5) is 0 Å². The molecule has 0 spiro atoms. The van der Waals surface area contributed by atoms with Gasteiger partial charge in [-0.25, -0.2) is 0 Å². The van der Waals surface area contributed by atoms with Crippen molar-refractivity contribution >= 4 is 29.4 Å². The summed E-state index contributed by atoms with van der Waals surface area (Å²) in [5.41, 5.74) is 0.554. The van der Waals surface area contributed by atoms with Crippen molar-refractivity contribution < 1.29 is 24.5 Å². The molecule has 36 heavy (non-hydrogen) atoms. The first-order chi connectivity index (χ1) is 17.0. The lowest BCUT2D eigenvalue weighted by atomic mass is 9.71. The predicted molar refractivity (Wildman–Crippen MR) is 143 cm³/mol. The Labute approximate surface area is 220 Å². The average molecular weight is 520 g/mol. The number of hydrogen-bond acceptors (Lipinski definition) is 6. The van der Waals surface area contributed by atoms with Gasteiger partial charge in [0.25, 0.3) is 0 Å². The molecule has 2 rings (SSSR count). The second kappa shape index (κ2) is 14.1. The van der Waals surface area contributed by atoms with Crippen LogP contribution in [0.25, 0.3) is 6.08 Å². The Morgan fingerprint density at radius 1 is 1.28 bits per heavy atom. The fraction of sp³-hybridized carbons (Fsp3) is 0.621. The molecule has 0 saturated carbocycles. The number of halogens is 1. The number of rotatable bonds is 4. The lowest BCUT2D eigenvalue weighted by Crippen LogP contribution is -2.46. The van der Waals surface area contributed by atoms with Crippen molar-refractivity contribution in [2.24, 2.45) is 17.3 Å². The molecule has 1 aromatic rings. The van der Waals surface area contributed by atoms with E-state index in [-0.39, 0.29) is 18.1 Å². The van der Waals surface area contributed by atoms with E-state index in [9.17, 15) is 19.8 Å². The molecule has 6 nitrogen and oxygen atoms in total. The molecule has 1 aliphatic rings. The highest BCUT2D eigenvalue weighted by Crippen LogP contribution is 2.34. The Morgan fingerprint density at radius 3 is 2.64 bits per heavy atom. The molecular formula is C29H42ClNO5. The van der Waals surface area contributed by atoms with Gasteiger partial charge in [-0.3, -0.25) is 14.6 Å². The number of hydrogen-bond donors (Lipinski definition) is 2. The molecule has 0 aromatic carbocycles. The van der Waals surface area contributed by atoms with E-state index in [2.05, 4.69) is 4.98 Å². The quantitative estimate of drug-likeness (QED) is 0.382. The number of esters is 1. The van der Waals surface area contributed by atoms with E-state index in [0.717, 1.165) is 31.3 Å². The van der Waals surface area contributed by atoms with Crippen LogP contribution in [0.5, 0.6) is 0 Å². The van der Waals surface area contributed by atoms with Gasteiger partial charge in [-0.1, -0.05) is 63.4 Å². The van der Waals surface area contributed by atoms with Crippen LogP contribution in [0, 0.1) is 17.3 Å². The highest BCUT2D eigenvalue weighted by atomic mass is 35.5. The first-order valence-corrected chi connectivity index (χ1v) is 13.4. The predicted octanol–water partition coefficient (Wildman–Crippen LogP) is 5.85. The number of ketones is 1. The smallest absolute Gasteiger partial charge is 0.309 e. The van der Waals surface area contributed by atoms with E-state index < -0.39 is 35.6 Å². The SMILES string of the molecule is CCC[C@H]1C(=O)C(C)(C)[C@@H](O)CC(=O)O[C@H](/C(Cl)=C/c2ccccn2)C/C=C(/C)CCC[C@H](C)[C@@H]1O. The summed E-state index contributed by atoms with van der Waals surface area (Å²) in [5, 5.41) is 22.4. The maximum Gasteiger partial charge on any atom is 0.309 e. The van der Waals surface area contributed by atoms with E-state index in [1.54, 1.807) is 38.3 Å². The minimum Gasteiger partial charge on any atom is -0.456 e. The van der Waals surface area contributed by atoms with Gasteiger partial charge in [0.15, 0.2) is 0 Å². The highest BCUT2D eigenvalue weighted by Gasteiger charge is 2.43. The molecule has 1 aliphatic heterocycles. The Hall–Kier alpha value is -2.02. The monoisotopic (exact) mass is 519 g/mol. The molecule has 0 saturated heterocycles. The molecule has 0 radical (unpaired) electrons. The second-order valence-electron chi connectivity index (χ2n) is 10.6. The molecule has 5 atom stereocenters. The largest absolute Gasteiger partial charge is 0.456 e. The van der Waals surface area contributed by atoms with Gasteiger partial charge < -0.3 is 14.9 Å². The van der Waals surface area contributed by atoms with Crippen LogP contribution in [-0.2, 0) is 14.3 Å². The van der Waals surface area contributed by atoms with Gasteiger partial charge in [0.1, 0.15) is 11.9 Å². The molecule has 0 bridgehead atoms. The van der Waals surface area contributed by atoms with Crippen LogP contribution in [0.15, 0.2) is 41.1 Å². The number of allylic oxidation sites excluding steroid dienone is 1. The van der Waals surface area contributed by atoms with Crippen molar-refractivity contribution in [2.45, 2.75) is 97.9 Å². The molecule has 200 valence electrons. The maximum atomic E-state index is 13.5. The zero-order valence-electron chi connectivity index (χ0n) is 22.2. The topological polar surface area (TPSA) is 96.7 Å². The number of carbonyl (C=O) groups excluding carboxylic acids is 2. The van der Waals surface area contributed by atoms with Crippen molar-refractivity contribution in [3.8, 4) is 0 Å². The molecular weight excluding hydrogens is 478 g/mol. The Kier molecular flexibility index (Phi) is 11.8. The van der Waals surface area contributed by atoms with E-state index in [4.69, 9.17) is 16.3 Å². The summed E-state index contributed by atoms with van der Waals surface area (Å²) in [6.45, 7) is 9.24. The van der Waals surface area contributed by atoms with Crippen molar-refractivity contribution in [1.29, 1.82) is 0 Å². The van der Waals surface area contributed by atoms with Gasteiger partial charge in [-0.15, -0.1) is 0 Å². The van der Waals surface area contributed by atoms with E-state index in [0.29, 0.717) is 23.6 Å². The summed E-state index contributed by atoms with van der Waals surface area (Å²) in [6.07, 6.45) is 6.32. The third-order valence-electron chi connectivity index (χ3n) is 7.23. The number of aliphatic hydroxyl groups excluding tert-OH is 2. The van der Waals surface area contributed by atoms with Gasteiger partial charge in [-0.2, -0.15) is 0 Å². The molecule has 2 heterocycles. The van der Waals surface area contributed by atoms with Crippen LogP contribution >= 0.6 is 11.6 Å². The molecule has 0 aliphatic carbocycles. The van der Waals surface area contributed by atoms with Crippen LogP contribution in [0.2, 0.25) is 0 Å². The summed E-state index contributed by atoms with van der Waals surface area (Å²) in [6, 6.07) is 5.46. The summed E-state index contributed by atoms with van der Waals surface area (Å²) in [7, 11) is 0. The first-order valence-electron chi connectivity index (χ1n) is 13.0. The zero-order chi connectivity index (χ0) is 26.9. The van der Waals surface area contributed by atoms with Gasteiger partial charge in [0, 0.05) is 18.5 Å². The summed E-state index contributed by atoms with van der Waals surface area (Å²) < 4.78 is 5.71. The molecule has 0 fully saturated rings. The lowest BCUT2D eigenvalue weighted by Gasteiger charge is -2.36. The number of carbonyl (C=O) groups is 2. The number of cyclic esters (lactones) is 1. The Bertz CT molecular complexity index is 927. The number of ether oxygens (including phenoxy) is 1. The third kappa shape index (κ3) is 8.53. The number of pyridine rings is 1. The molecule has 2 N–H and O–H groups in total. The lowest BCUT2D eigenvalue weighted by molar-refractivity contribution is -0.154. The van der Waals surface area contributed by atoms with Crippen molar-refractivity contribution in [3.05, 3.63) is 46.8 Å². The van der Waals surface area contributed by atoms with Crippen LogP contribution < -0.4 is 0 Å². The normalized spacial score (nSPS) is 30.8. The van der Waals surface area contributed by atoms with Gasteiger partial charge in [-0.05, 0) is 56.7 Å². The third-order valence-corrected chi connectivity index (χ3v) is 7.58. The number of aliphatic hydroxyl groups is 2. The molecule has 7 heteroatoms. The summed E-state index contributed by atoms with van der Waals surface area (Å²) >= 11 is 6.58. The average Bonchev–Trinajstić information content (AvgIpc) is 2.84. The first kappa shape index (κ1) is 30.2. The van der Waals surface area contributed by atoms with Gasteiger partial charge >= 0.3 is 5.97 Å². The number of Topliss-reactive ketones (excluding diaryl/α,β-unsaturated/α-hetero) is 1. The Balaban J connectivity index is 2.37. The summed E-state index contributed by atoms with van der Waals surface area (Å²) in [4.78, 5) is 30.7. The van der Waals surface area contributed by atoms with Crippen LogP contribution in [-0.4, -0.2) is 45.3 Å². The second-order valence-corrected chi connectivity index (χ2v) is 11.0. The van der Waals surface area contributed by atoms with Crippen molar-refractivity contribution in [2.75, 3.05) is 0 Å². The van der Waals surface area contributed by atoms with E-state index >= 15 is 0 Å². The molecule has 0 amide bonds. The van der Waals surface area contributed by atoms with Crippen LogP contribution in [0.1, 0.15) is 85.3 Å². The number of nitrogens with zero attached hydrogens (tertiary/aromatic N) is 1. The summed E-state index contributed by atoms with van der Waals surface area (Å²) in [5.74, 6) is -1.52. The maximum absolute atomic E-state index is 13.5. The Morgan fingerprint density at radius 2 is 2.00 bits per heavy atom. The standard InChI is InChI=1S/C29H42ClNO5/c1-6-10-22-27(34)20(3)12-9-11-19(2)14-15-24(23(30)17-21-13-7-8-16-31-21)36-26(33)18-25(32)29(4,5)28(22)35/h7-8,13-14,16-17,20,22,24-25,27,32,34H,6,9-12,15,18H2,1-5H3/b19-14-,23-17-/t20-,22+,24-,25-,27-/m0/s1. The van der Waals surface area contributed by atoms with E-state index in [1.807, 2.05) is 32.9 Å². The van der Waals surface area contributed by atoms with Crippen molar-refractivity contribution in [1.82, 2.24) is 4.98 Å². The van der Waals surface area contributed by atoms with Gasteiger partial charge in [0.05, 0.1) is 34.8 Å². The minimum absolute atomic E-state index is 0.0624. The van der Waals surface area contributed by atoms with Crippen LogP contribution in [0.3, 0.4) is 0 Å². The minimum atomic E-state index is -1.26.